The van der Waals surface area contributed by atoms with Crippen molar-refractivity contribution in [3.05, 3.63) is 0 Å². The Labute approximate surface area is 69.5 Å². The van der Waals surface area contributed by atoms with Crippen LogP contribution in [-0.2, 0) is 0 Å². The van der Waals surface area contributed by atoms with Gasteiger partial charge in [0.25, 0.3) is 0 Å². The summed E-state index contributed by atoms with van der Waals surface area (Å²) in [4.78, 5) is 0. The number of nitrogens with two attached hydrogens (primary N) is 1. The van der Waals surface area contributed by atoms with Gasteiger partial charge in [0, 0.05) is 6.04 Å². The molecule has 66 valence electrons. The summed E-state index contributed by atoms with van der Waals surface area (Å²) in [6, 6.07) is 0.536. The molecule has 0 aromatic carbocycles. The molecule has 0 aliphatic heterocycles. The molecule has 3 N–H and O–H groups in total. The van der Waals surface area contributed by atoms with Crippen LogP contribution < -0.4 is 11.3 Å². The maximum absolute atomic E-state index is 5.44. The summed E-state index contributed by atoms with van der Waals surface area (Å²) < 4.78 is 0. The van der Waals surface area contributed by atoms with E-state index in [1.54, 1.807) is 0 Å². The molecule has 0 aromatic rings. The van der Waals surface area contributed by atoms with Gasteiger partial charge in [-0.25, -0.2) is 0 Å². The van der Waals surface area contributed by atoms with Gasteiger partial charge in [0.2, 0.25) is 0 Å². The van der Waals surface area contributed by atoms with Crippen LogP contribution in [0.15, 0.2) is 0 Å². The maximum atomic E-state index is 5.44. The molecule has 0 saturated heterocycles. The van der Waals surface area contributed by atoms with Crippen LogP contribution in [-0.4, -0.2) is 6.04 Å². The number of hydrogen-bond donors (Lipinski definition) is 2. The molecule has 0 aromatic heterocycles. The van der Waals surface area contributed by atoms with E-state index in [-0.39, 0.29) is 0 Å². The first-order valence-corrected chi connectivity index (χ1v) is 4.49. The highest BCUT2D eigenvalue weighted by atomic mass is 15.2. The first kappa shape index (κ1) is 9.01. The lowest BCUT2D eigenvalue weighted by atomic mass is 9.71. The minimum Gasteiger partial charge on any atom is -0.271 e. The molecule has 0 radical (unpaired) electrons. The number of nitrogens with one attached hydrogen (secondary N) is 1. The van der Waals surface area contributed by atoms with Crippen LogP contribution in [0.5, 0.6) is 0 Å². The van der Waals surface area contributed by atoms with Crippen molar-refractivity contribution in [1.82, 2.24) is 5.43 Å². The normalized spacial score (nSPS) is 37.1. The van der Waals surface area contributed by atoms with Crippen molar-refractivity contribution in [2.24, 2.45) is 17.2 Å². The van der Waals surface area contributed by atoms with E-state index < -0.39 is 0 Å². The maximum Gasteiger partial charge on any atom is 0.0218 e. The SMILES string of the molecule is CC1CC(NN)CC(C)(C)C1. The second-order valence-corrected chi connectivity index (χ2v) is 4.78. The topological polar surface area (TPSA) is 38.0 Å². The molecular weight excluding hydrogens is 136 g/mol. The Morgan fingerprint density at radius 3 is 2.45 bits per heavy atom. The third-order valence-electron chi connectivity index (χ3n) is 2.62. The molecule has 1 fully saturated rings. The van der Waals surface area contributed by atoms with Crippen LogP contribution in [0.3, 0.4) is 0 Å². The van der Waals surface area contributed by atoms with E-state index in [9.17, 15) is 0 Å². The Morgan fingerprint density at radius 2 is 2.00 bits per heavy atom. The van der Waals surface area contributed by atoms with Gasteiger partial charge >= 0.3 is 0 Å². The van der Waals surface area contributed by atoms with Crippen molar-refractivity contribution in [1.29, 1.82) is 0 Å². The van der Waals surface area contributed by atoms with Crippen molar-refractivity contribution in [2.75, 3.05) is 0 Å². The van der Waals surface area contributed by atoms with E-state index in [0.29, 0.717) is 11.5 Å². The van der Waals surface area contributed by atoms with E-state index >= 15 is 0 Å². The quantitative estimate of drug-likeness (QED) is 0.447. The average Bonchev–Trinajstić information content (AvgIpc) is 1.83. The van der Waals surface area contributed by atoms with Crippen molar-refractivity contribution in [2.45, 2.75) is 46.1 Å². The molecular formula is C9H20N2. The van der Waals surface area contributed by atoms with Crippen LogP contribution in [0.25, 0.3) is 0 Å². The molecule has 2 nitrogen and oxygen atoms in total. The van der Waals surface area contributed by atoms with E-state index in [1.165, 1.54) is 19.3 Å². The first-order chi connectivity index (χ1) is 5.03. The summed E-state index contributed by atoms with van der Waals surface area (Å²) in [6.45, 7) is 6.96. The molecule has 1 aliphatic carbocycles. The monoisotopic (exact) mass is 156 g/mol. The molecule has 11 heavy (non-hydrogen) atoms. The van der Waals surface area contributed by atoms with E-state index in [2.05, 4.69) is 26.2 Å². The van der Waals surface area contributed by atoms with E-state index in [4.69, 9.17) is 5.84 Å². The second-order valence-electron chi connectivity index (χ2n) is 4.78. The molecule has 2 heteroatoms. The van der Waals surface area contributed by atoms with E-state index in [1.807, 2.05) is 0 Å². The summed E-state index contributed by atoms with van der Waals surface area (Å²) >= 11 is 0. The van der Waals surface area contributed by atoms with Crippen LogP contribution in [0.1, 0.15) is 40.0 Å². The zero-order valence-electron chi connectivity index (χ0n) is 7.85. The Balaban J connectivity index is 2.51. The van der Waals surface area contributed by atoms with E-state index in [0.717, 1.165) is 5.92 Å². The summed E-state index contributed by atoms with van der Waals surface area (Å²) in [5.74, 6) is 6.26. The minimum absolute atomic E-state index is 0.481. The number of hydrazine groups is 1. The fraction of sp³-hybridized carbons (Fsp3) is 1.00. The summed E-state index contributed by atoms with van der Waals surface area (Å²) in [6.07, 6.45) is 3.79. The van der Waals surface area contributed by atoms with Crippen LogP contribution >= 0.6 is 0 Å². The third-order valence-corrected chi connectivity index (χ3v) is 2.62. The molecule has 0 amide bonds. The van der Waals surface area contributed by atoms with Gasteiger partial charge < -0.3 is 0 Å². The number of hydrogen-bond acceptors (Lipinski definition) is 2. The highest BCUT2D eigenvalue weighted by Crippen LogP contribution is 2.38. The highest BCUT2D eigenvalue weighted by Gasteiger charge is 2.31. The van der Waals surface area contributed by atoms with Gasteiger partial charge in [0.1, 0.15) is 0 Å². The van der Waals surface area contributed by atoms with Gasteiger partial charge in [-0.05, 0) is 30.6 Å². The van der Waals surface area contributed by atoms with Gasteiger partial charge in [-0.1, -0.05) is 20.8 Å². The van der Waals surface area contributed by atoms with Gasteiger partial charge in [-0.2, -0.15) is 0 Å². The Hall–Kier alpha value is -0.0800. The molecule has 1 aliphatic rings. The molecule has 1 saturated carbocycles. The largest absolute Gasteiger partial charge is 0.271 e. The molecule has 0 bridgehead atoms. The summed E-state index contributed by atoms with van der Waals surface area (Å²) in [5.41, 5.74) is 3.37. The molecule has 0 heterocycles. The molecule has 0 spiro atoms. The lowest BCUT2D eigenvalue weighted by Gasteiger charge is -2.38. The standard InChI is InChI=1S/C9H20N2/c1-7-4-8(11-10)6-9(2,3)5-7/h7-8,11H,4-6,10H2,1-3H3. The van der Waals surface area contributed by atoms with Crippen LogP contribution in [0.4, 0.5) is 0 Å². The predicted molar refractivity (Wildman–Crippen MR) is 47.9 cm³/mol. The Kier molecular flexibility index (Phi) is 2.55. The summed E-state index contributed by atoms with van der Waals surface area (Å²) in [5, 5.41) is 0. The van der Waals surface area contributed by atoms with Crippen molar-refractivity contribution in [3.63, 3.8) is 0 Å². The average molecular weight is 156 g/mol. The van der Waals surface area contributed by atoms with Crippen LogP contribution in [0.2, 0.25) is 0 Å². The lowest BCUT2D eigenvalue weighted by Crippen LogP contribution is -2.43. The molecule has 1 rings (SSSR count). The zero-order chi connectivity index (χ0) is 8.48. The van der Waals surface area contributed by atoms with Gasteiger partial charge in [0.15, 0.2) is 0 Å². The highest BCUT2D eigenvalue weighted by molar-refractivity contribution is 4.85. The lowest BCUT2D eigenvalue weighted by molar-refractivity contribution is 0.152. The van der Waals surface area contributed by atoms with Crippen LogP contribution in [0, 0.1) is 11.3 Å². The summed E-state index contributed by atoms with van der Waals surface area (Å²) in [7, 11) is 0. The molecule has 2 unspecified atom stereocenters. The Bertz CT molecular complexity index is 132. The van der Waals surface area contributed by atoms with Gasteiger partial charge in [-0.3, -0.25) is 11.3 Å². The van der Waals surface area contributed by atoms with Gasteiger partial charge in [0.05, 0.1) is 0 Å². The predicted octanol–water partition coefficient (Wildman–Crippen LogP) is 1.66. The smallest absolute Gasteiger partial charge is 0.0218 e. The fourth-order valence-corrected chi connectivity index (χ4v) is 2.47. The van der Waals surface area contributed by atoms with Crippen molar-refractivity contribution >= 4 is 0 Å². The van der Waals surface area contributed by atoms with Crippen molar-refractivity contribution < 1.29 is 0 Å². The second kappa shape index (κ2) is 3.11. The van der Waals surface area contributed by atoms with Crippen molar-refractivity contribution in [3.8, 4) is 0 Å². The van der Waals surface area contributed by atoms with Gasteiger partial charge in [-0.15, -0.1) is 0 Å². The fourth-order valence-electron chi connectivity index (χ4n) is 2.47. The molecule has 2 atom stereocenters. The first-order valence-electron chi connectivity index (χ1n) is 4.49. The third kappa shape index (κ3) is 2.46. The number of rotatable bonds is 1. The zero-order valence-corrected chi connectivity index (χ0v) is 7.85. The minimum atomic E-state index is 0.481. The Morgan fingerprint density at radius 1 is 1.36 bits per heavy atom.